The van der Waals surface area contributed by atoms with Crippen LogP contribution in [0.25, 0.3) is 23.1 Å². The predicted octanol–water partition coefficient (Wildman–Crippen LogP) is 6.68. The Hall–Kier alpha value is -3.30. The second-order valence-corrected chi connectivity index (χ2v) is 7.66. The van der Waals surface area contributed by atoms with E-state index in [1.54, 1.807) is 6.07 Å². The largest absolute Gasteiger partial charge is 0.465 e. The number of halogens is 1. The highest BCUT2D eigenvalue weighted by atomic mass is 35.5. The third kappa shape index (κ3) is 4.17. The molecule has 0 fully saturated rings. The summed E-state index contributed by atoms with van der Waals surface area (Å²) in [6.45, 7) is 2.04. The number of methoxy groups -OCH3 is 1. The van der Waals surface area contributed by atoms with Crippen molar-refractivity contribution in [2.24, 2.45) is 0 Å². The number of aromatic amines is 1. The molecule has 0 saturated carbocycles. The molecule has 1 N–H and O–H groups in total. The van der Waals surface area contributed by atoms with E-state index >= 15 is 0 Å². The zero-order chi connectivity index (χ0) is 21.1. The lowest BCUT2D eigenvalue weighted by atomic mass is 9.99. The molecule has 0 radical (unpaired) electrons. The summed E-state index contributed by atoms with van der Waals surface area (Å²) in [6.07, 6.45) is 4.81. The highest BCUT2D eigenvalue weighted by Crippen LogP contribution is 2.29. The molecule has 0 spiro atoms. The van der Waals surface area contributed by atoms with Crippen molar-refractivity contribution in [3.8, 4) is 0 Å². The number of esters is 1. The average molecular weight is 416 g/mol. The van der Waals surface area contributed by atoms with E-state index in [2.05, 4.69) is 41.4 Å². The molecule has 3 aromatic carbocycles. The molecule has 0 aliphatic heterocycles. The van der Waals surface area contributed by atoms with Crippen molar-refractivity contribution in [2.75, 3.05) is 7.11 Å². The molecule has 0 atom stereocenters. The van der Waals surface area contributed by atoms with Gasteiger partial charge in [0.25, 0.3) is 0 Å². The summed E-state index contributed by atoms with van der Waals surface area (Å²) in [5, 5.41) is 1.74. The Kier molecular flexibility index (Phi) is 5.73. The molecular formula is C26H22ClNO2. The van der Waals surface area contributed by atoms with Crippen molar-refractivity contribution in [1.29, 1.82) is 0 Å². The van der Waals surface area contributed by atoms with Crippen molar-refractivity contribution in [3.63, 3.8) is 0 Å². The number of rotatable bonds is 5. The Labute approximate surface area is 181 Å². The van der Waals surface area contributed by atoms with E-state index in [0.717, 1.165) is 43.9 Å². The minimum Gasteiger partial charge on any atom is -0.465 e. The number of ether oxygens (including phenoxy) is 1. The molecule has 30 heavy (non-hydrogen) atoms. The fourth-order valence-electron chi connectivity index (χ4n) is 3.61. The molecule has 150 valence electrons. The molecule has 1 aromatic heterocycles. The summed E-state index contributed by atoms with van der Waals surface area (Å²) in [5.41, 5.74) is 6.97. The quantitative estimate of drug-likeness (QED) is 0.292. The molecule has 4 rings (SSSR count). The number of aromatic nitrogens is 1. The molecule has 1 heterocycles. The molecule has 0 aliphatic carbocycles. The third-order valence-corrected chi connectivity index (χ3v) is 5.60. The number of aryl methyl sites for hydroxylation is 1. The summed E-state index contributed by atoms with van der Waals surface area (Å²) < 4.78 is 4.86. The SMILES string of the molecule is COC(=O)c1ccc2[nH]c(C)c(Cc3ccc(/C=C/c4ccccc4)cc3Cl)c2c1. The van der Waals surface area contributed by atoms with E-state index < -0.39 is 0 Å². The lowest BCUT2D eigenvalue weighted by Gasteiger charge is -2.07. The average Bonchev–Trinajstić information content (AvgIpc) is 3.08. The van der Waals surface area contributed by atoms with Gasteiger partial charge in [0, 0.05) is 28.0 Å². The van der Waals surface area contributed by atoms with Crippen LogP contribution in [0.5, 0.6) is 0 Å². The maximum Gasteiger partial charge on any atom is 0.337 e. The maximum absolute atomic E-state index is 11.9. The monoisotopic (exact) mass is 415 g/mol. The molecule has 0 bridgehead atoms. The van der Waals surface area contributed by atoms with Crippen LogP contribution >= 0.6 is 11.6 Å². The lowest BCUT2D eigenvalue weighted by Crippen LogP contribution is -2.00. The van der Waals surface area contributed by atoms with Gasteiger partial charge in [0.2, 0.25) is 0 Å². The smallest absolute Gasteiger partial charge is 0.337 e. The summed E-state index contributed by atoms with van der Waals surface area (Å²) in [4.78, 5) is 15.3. The number of H-pyrrole nitrogens is 1. The summed E-state index contributed by atoms with van der Waals surface area (Å²) in [7, 11) is 1.39. The first-order chi connectivity index (χ1) is 14.5. The van der Waals surface area contributed by atoms with Gasteiger partial charge in [-0.1, -0.05) is 66.2 Å². The van der Waals surface area contributed by atoms with Gasteiger partial charge in [-0.15, -0.1) is 0 Å². The zero-order valence-electron chi connectivity index (χ0n) is 16.9. The van der Waals surface area contributed by atoms with E-state index in [0.29, 0.717) is 12.0 Å². The predicted molar refractivity (Wildman–Crippen MR) is 124 cm³/mol. The molecule has 4 heteroatoms. The van der Waals surface area contributed by atoms with E-state index in [1.165, 1.54) is 7.11 Å². The van der Waals surface area contributed by atoms with Crippen molar-refractivity contribution < 1.29 is 9.53 Å². The molecule has 3 nitrogen and oxygen atoms in total. The van der Waals surface area contributed by atoms with Gasteiger partial charge in [-0.2, -0.15) is 0 Å². The molecule has 0 aliphatic rings. The van der Waals surface area contributed by atoms with Crippen LogP contribution in [0.15, 0.2) is 66.7 Å². The first kappa shape index (κ1) is 20.0. The maximum atomic E-state index is 11.9. The Bertz CT molecular complexity index is 1240. The van der Waals surface area contributed by atoms with E-state index in [9.17, 15) is 4.79 Å². The number of benzene rings is 3. The fourth-order valence-corrected chi connectivity index (χ4v) is 3.87. The van der Waals surface area contributed by atoms with Crippen LogP contribution in [-0.2, 0) is 11.2 Å². The van der Waals surface area contributed by atoms with Crippen molar-refractivity contribution in [3.05, 3.63) is 105 Å². The van der Waals surface area contributed by atoms with Crippen molar-refractivity contribution >= 4 is 40.6 Å². The minimum atomic E-state index is -0.339. The van der Waals surface area contributed by atoms with Crippen LogP contribution in [0, 0.1) is 6.92 Å². The molecular weight excluding hydrogens is 394 g/mol. The van der Waals surface area contributed by atoms with Gasteiger partial charge in [-0.05, 0) is 53.4 Å². The summed E-state index contributed by atoms with van der Waals surface area (Å²) >= 11 is 6.62. The number of carbonyl (C=O) groups is 1. The minimum absolute atomic E-state index is 0.339. The number of nitrogens with one attached hydrogen (secondary N) is 1. The van der Waals surface area contributed by atoms with E-state index in [-0.39, 0.29) is 5.97 Å². The van der Waals surface area contributed by atoms with Crippen LogP contribution in [0.3, 0.4) is 0 Å². The summed E-state index contributed by atoms with van der Waals surface area (Å²) in [6, 6.07) is 21.9. The number of hydrogen-bond acceptors (Lipinski definition) is 2. The molecule has 0 saturated heterocycles. The van der Waals surface area contributed by atoms with Gasteiger partial charge in [0.15, 0.2) is 0 Å². The van der Waals surface area contributed by atoms with Crippen LogP contribution in [0.4, 0.5) is 0 Å². The number of fused-ring (bicyclic) bond motifs is 1. The first-order valence-electron chi connectivity index (χ1n) is 9.76. The third-order valence-electron chi connectivity index (χ3n) is 5.25. The van der Waals surface area contributed by atoms with Gasteiger partial charge in [-0.25, -0.2) is 4.79 Å². The van der Waals surface area contributed by atoms with E-state index in [4.69, 9.17) is 16.3 Å². The van der Waals surface area contributed by atoms with Crippen LogP contribution in [0.2, 0.25) is 5.02 Å². The van der Waals surface area contributed by atoms with Crippen LogP contribution in [0.1, 0.15) is 38.3 Å². The normalized spacial score (nSPS) is 11.3. The highest BCUT2D eigenvalue weighted by Gasteiger charge is 2.14. The standard InChI is InChI=1S/C26H22ClNO2/c1-17-22(23-16-21(26(29)30-2)12-13-25(23)28-17)15-20-11-10-19(14-24(20)27)9-8-18-6-4-3-5-7-18/h3-14,16,28H,15H2,1-2H3/b9-8+. The van der Waals surface area contributed by atoms with Gasteiger partial charge in [0.05, 0.1) is 12.7 Å². The first-order valence-corrected chi connectivity index (χ1v) is 10.1. The van der Waals surface area contributed by atoms with Crippen molar-refractivity contribution in [2.45, 2.75) is 13.3 Å². The van der Waals surface area contributed by atoms with Crippen LogP contribution in [-0.4, -0.2) is 18.1 Å². The van der Waals surface area contributed by atoms with Crippen molar-refractivity contribution in [1.82, 2.24) is 4.98 Å². The summed E-state index contributed by atoms with van der Waals surface area (Å²) in [5.74, 6) is -0.339. The Morgan fingerprint density at radius 2 is 1.77 bits per heavy atom. The lowest BCUT2D eigenvalue weighted by molar-refractivity contribution is 0.0601. The Morgan fingerprint density at radius 3 is 2.50 bits per heavy atom. The van der Waals surface area contributed by atoms with Gasteiger partial charge < -0.3 is 9.72 Å². The van der Waals surface area contributed by atoms with Gasteiger partial charge in [0.1, 0.15) is 0 Å². The van der Waals surface area contributed by atoms with Gasteiger partial charge in [-0.3, -0.25) is 0 Å². The second-order valence-electron chi connectivity index (χ2n) is 7.25. The number of carbonyl (C=O) groups excluding carboxylic acids is 1. The fraction of sp³-hybridized carbons (Fsp3) is 0.115. The Morgan fingerprint density at radius 1 is 1.00 bits per heavy atom. The second kappa shape index (κ2) is 8.60. The number of hydrogen-bond donors (Lipinski definition) is 1. The topological polar surface area (TPSA) is 42.1 Å². The highest BCUT2D eigenvalue weighted by molar-refractivity contribution is 6.31. The molecule has 0 unspecified atom stereocenters. The zero-order valence-corrected chi connectivity index (χ0v) is 17.7. The molecule has 4 aromatic rings. The Balaban J connectivity index is 1.62. The van der Waals surface area contributed by atoms with Gasteiger partial charge >= 0.3 is 5.97 Å². The molecule has 0 amide bonds. The van der Waals surface area contributed by atoms with E-state index in [1.807, 2.05) is 43.3 Å². The van der Waals surface area contributed by atoms with Crippen LogP contribution < -0.4 is 0 Å².